The van der Waals surface area contributed by atoms with Gasteiger partial charge in [0.05, 0.1) is 12.3 Å². The third kappa shape index (κ3) is 3.64. The summed E-state index contributed by atoms with van der Waals surface area (Å²) >= 11 is 1.91. The summed E-state index contributed by atoms with van der Waals surface area (Å²) in [6, 6.07) is 16.2. The predicted molar refractivity (Wildman–Crippen MR) is 90.3 cm³/mol. The molecule has 0 amide bonds. The van der Waals surface area contributed by atoms with Crippen molar-refractivity contribution >= 4 is 23.1 Å². The van der Waals surface area contributed by atoms with Crippen LogP contribution in [0.25, 0.3) is 0 Å². The molecule has 0 unspecified atom stereocenters. The highest BCUT2D eigenvalue weighted by Gasteiger charge is 2.17. The van der Waals surface area contributed by atoms with Crippen LogP contribution in [0.15, 0.2) is 53.4 Å². The Morgan fingerprint density at radius 3 is 2.86 bits per heavy atom. The molecule has 0 fully saturated rings. The molecule has 2 aromatic rings. The van der Waals surface area contributed by atoms with Crippen LogP contribution in [0, 0.1) is 0 Å². The van der Waals surface area contributed by atoms with E-state index >= 15 is 0 Å². The minimum Gasteiger partial charge on any atom is -0.494 e. The van der Waals surface area contributed by atoms with Gasteiger partial charge < -0.3 is 15.4 Å². The van der Waals surface area contributed by atoms with Crippen molar-refractivity contribution in [3.63, 3.8) is 0 Å². The maximum atomic E-state index is 5.91. The molecule has 4 heteroatoms. The van der Waals surface area contributed by atoms with Crippen molar-refractivity contribution in [2.45, 2.75) is 11.3 Å². The number of nitrogens with two attached hydrogens (primary N) is 1. The monoisotopic (exact) mass is 300 g/mol. The molecule has 1 aliphatic heterocycles. The Hall–Kier alpha value is -1.81. The Morgan fingerprint density at radius 1 is 1.14 bits per heavy atom. The van der Waals surface area contributed by atoms with E-state index in [0.717, 1.165) is 43.3 Å². The number of thioether (sulfide) groups is 1. The zero-order valence-corrected chi connectivity index (χ0v) is 12.8. The lowest BCUT2D eigenvalue weighted by molar-refractivity contribution is 0.312. The number of benzene rings is 2. The van der Waals surface area contributed by atoms with Gasteiger partial charge in [-0.3, -0.25) is 0 Å². The lowest BCUT2D eigenvalue weighted by Crippen LogP contribution is -2.31. The van der Waals surface area contributed by atoms with Gasteiger partial charge in [0.15, 0.2) is 0 Å². The van der Waals surface area contributed by atoms with Crippen LogP contribution in [0.2, 0.25) is 0 Å². The zero-order valence-electron chi connectivity index (χ0n) is 12.0. The molecule has 0 saturated carbocycles. The standard InChI is InChI=1S/C17H20N2OS/c18-14-7-8-17-16(13-14)19(10-12-21-17)9-4-11-20-15-5-2-1-3-6-15/h1-3,5-8,13H,4,9-12,18H2. The third-order valence-electron chi connectivity index (χ3n) is 3.53. The van der Waals surface area contributed by atoms with Crippen LogP contribution in [-0.4, -0.2) is 25.4 Å². The van der Waals surface area contributed by atoms with E-state index in [0.29, 0.717) is 0 Å². The van der Waals surface area contributed by atoms with Crippen LogP contribution < -0.4 is 15.4 Å². The third-order valence-corrected chi connectivity index (χ3v) is 4.57. The first-order valence-electron chi connectivity index (χ1n) is 7.28. The van der Waals surface area contributed by atoms with Crippen molar-refractivity contribution in [3.05, 3.63) is 48.5 Å². The molecule has 0 aromatic heterocycles. The molecular formula is C17H20N2OS. The van der Waals surface area contributed by atoms with Gasteiger partial charge in [0.2, 0.25) is 0 Å². The average Bonchev–Trinajstić information content (AvgIpc) is 2.53. The second-order valence-corrected chi connectivity index (χ2v) is 6.21. The minimum absolute atomic E-state index is 0.741. The second-order valence-electron chi connectivity index (χ2n) is 5.08. The van der Waals surface area contributed by atoms with Crippen molar-refractivity contribution < 1.29 is 4.74 Å². The highest BCUT2D eigenvalue weighted by molar-refractivity contribution is 7.99. The van der Waals surface area contributed by atoms with Crippen LogP contribution >= 0.6 is 11.8 Å². The Balaban J connectivity index is 1.54. The van der Waals surface area contributed by atoms with Crippen LogP contribution in [0.1, 0.15) is 6.42 Å². The van der Waals surface area contributed by atoms with E-state index in [1.165, 1.54) is 10.6 Å². The number of fused-ring (bicyclic) bond motifs is 1. The fourth-order valence-corrected chi connectivity index (χ4v) is 3.52. The highest BCUT2D eigenvalue weighted by Crippen LogP contribution is 2.35. The highest BCUT2D eigenvalue weighted by atomic mass is 32.2. The molecule has 0 aliphatic carbocycles. The quantitative estimate of drug-likeness (QED) is 0.676. The number of nitrogen functional groups attached to an aromatic ring is 1. The van der Waals surface area contributed by atoms with Gasteiger partial charge in [-0.1, -0.05) is 18.2 Å². The molecule has 1 aliphatic rings. The smallest absolute Gasteiger partial charge is 0.119 e. The summed E-state index contributed by atoms with van der Waals surface area (Å²) in [5.74, 6) is 2.08. The van der Waals surface area contributed by atoms with E-state index in [-0.39, 0.29) is 0 Å². The molecule has 21 heavy (non-hydrogen) atoms. The Labute approximate surface area is 130 Å². The number of para-hydroxylation sites is 1. The number of nitrogens with zero attached hydrogens (tertiary/aromatic N) is 1. The molecule has 0 atom stereocenters. The normalized spacial score (nSPS) is 13.8. The first-order chi connectivity index (χ1) is 10.3. The van der Waals surface area contributed by atoms with Crippen LogP contribution in [-0.2, 0) is 0 Å². The molecular weight excluding hydrogens is 280 g/mol. The molecule has 1 heterocycles. The molecule has 2 aromatic carbocycles. The maximum Gasteiger partial charge on any atom is 0.119 e. The molecule has 0 bridgehead atoms. The molecule has 2 N–H and O–H groups in total. The van der Waals surface area contributed by atoms with E-state index < -0.39 is 0 Å². The first-order valence-corrected chi connectivity index (χ1v) is 8.26. The topological polar surface area (TPSA) is 38.5 Å². The average molecular weight is 300 g/mol. The summed E-state index contributed by atoms with van der Waals surface area (Å²) in [5, 5.41) is 0. The number of anilines is 2. The van der Waals surface area contributed by atoms with E-state index in [2.05, 4.69) is 17.0 Å². The van der Waals surface area contributed by atoms with Crippen molar-refractivity contribution in [2.75, 3.05) is 36.1 Å². The van der Waals surface area contributed by atoms with Gasteiger partial charge in [-0.15, -0.1) is 11.8 Å². The van der Waals surface area contributed by atoms with Crippen molar-refractivity contribution in [1.29, 1.82) is 0 Å². The van der Waals surface area contributed by atoms with Crippen molar-refractivity contribution in [2.24, 2.45) is 0 Å². The largest absolute Gasteiger partial charge is 0.494 e. The van der Waals surface area contributed by atoms with Crippen LogP contribution in [0.3, 0.4) is 0 Å². The lowest BCUT2D eigenvalue weighted by atomic mass is 10.2. The summed E-state index contributed by atoms with van der Waals surface area (Å²) in [7, 11) is 0. The maximum absolute atomic E-state index is 5.91. The molecule has 0 radical (unpaired) electrons. The van der Waals surface area contributed by atoms with Gasteiger partial charge in [0.25, 0.3) is 0 Å². The van der Waals surface area contributed by atoms with Gasteiger partial charge in [0, 0.05) is 29.4 Å². The SMILES string of the molecule is Nc1ccc2c(c1)N(CCCOc1ccccc1)CCS2. The van der Waals surface area contributed by atoms with Gasteiger partial charge >= 0.3 is 0 Å². The number of hydrogen-bond acceptors (Lipinski definition) is 4. The molecule has 0 spiro atoms. The number of hydrogen-bond donors (Lipinski definition) is 1. The van der Waals surface area contributed by atoms with Gasteiger partial charge in [-0.25, -0.2) is 0 Å². The van der Waals surface area contributed by atoms with E-state index in [4.69, 9.17) is 10.5 Å². The fourth-order valence-electron chi connectivity index (χ4n) is 2.48. The van der Waals surface area contributed by atoms with Gasteiger partial charge in [0.1, 0.15) is 5.75 Å². The lowest BCUT2D eigenvalue weighted by Gasteiger charge is -2.31. The summed E-state index contributed by atoms with van der Waals surface area (Å²) in [4.78, 5) is 3.75. The predicted octanol–water partition coefficient (Wildman–Crippen LogP) is 3.65. The summed E-state index contributed by atoms with van der Waals surface area (Å²) in [5.41, 5.74) is 8.02. The van der Waals surface area contributed by atoms with Crippen molar-refractivity contribution in [3.8, 4) is 5.75 Å². The van der Waals surface area contributed by atoms with Crippen LogP contribution in [0.5, 0.6) is 5.75 Å². The zero-order chi connectivity index (χ0) is 14.5. The minimum atomic E-state index is 0.741. The summed E-state index contributed by atoms with van der Waals surface area (Å²) < 4.78 is 5.75. The summed E-state index contributed by atoms with van der Waals surface area (Å²) in [6.07, 6.45) is 1.01. The molecule has 0 saturated heterocycles. The van der Waals surface area contributed by atoms with Gasteiger partial charge in [-0.2, -0.15) is 0 Å². The molecule has 3 rings (SSSR count). The van der Waals surface area contributed by atoms with Crippen molar-refractivity contribution in [1.82, 2.24) is 0 Å². The van der Waals surface area contributed by atoms with Crippen LogP contribution in [0.4, 0.5) is 11.4 Å². The fraction of sp³-hybridized carbons (Fsp3) is 0.294. The first kappa shape index (κ1) is 14.1. The van der Waals surface area contributed by atoms with E-state index in [9.17, 15) is 0 Å². The Bertz CT molecular complexity index is 589. The molecule has 110 valence electrons. The number of ether oxygens (including phenoxy) is 1. The van der Waals surface area contributed by atoms with E-state index in [1.54, 1.807) is 0 Å². The Morgan fingerprint density at radius 2 is 2.00 bits per heavy atom. The second kappa shape index (κ2) is 6.76. The summed E-state index contributed by atoms with van der Waals surface area (Å²) in [6.45, 7) is 2.82. The van der Waals surface area contributed by atoms with Gasteiger partial charge in [-0.05, 0) is 36.8 Å². The van der Waals surface area contributed by atoms with E-state index in [1.807, 2.05) is 48.2 Å². The molecule has 3 nitrogen and oxygen atoms in total. The number of rotatable bonds is 5. The Kier molecular flexibility index (Phi) is 4.55.